The molecule has 0 spiro atoms. The number of carbonyl (C=O) groups is 1. The van der Waals surface area contributed by atoms with Crippen molar-refractivity contribution in [3.8, 4) is 11.3 Å². The lowest BCUT2D eigenvalue weighted by Gasteiger charge is -2.31. The van der Waals surface area contributed by atoms with Gasteiger partial charge in [0.2, 0.25) is 0 Å². The molecule has 1 aliphatic carbocycles. The van der Waals surface area contributed by atoms with Gasteiger partial charge in [0.25, 0.3) is 0 Å². The fourth-order valence-electron chi connectivity index (χ4n) is 4.57. The van der Waals surface area contributed by atoms with Gasteiger partial charge in [-0.25, -0.2) is 18.2 Å². The van der Waals surface area contributed by atoms with Crippen molar-refractivity contribution in [1.29, 1.82) is 0 Å². The van der Waals surface area contributed by atoms with Crippen LogP contribution in [0.4, 0.5) is 13.2 Å². The van der Waals surface area contributed by atoms with Gasteiger partial charge in [-0.1, -0.05) is 13.0 Å². The molecule has 2 heterocycles. The van der Waals surface area contributed by atoms with Crippen molar-refractivity contribution < 1.29 is 23.1 Å². The predicted octanol–water partition coefficient (Wildman–Crippen LogP) is 5.25. The zero-order valence-electron chi connectivity index (χ0n) is 17.6. The van der Waals surface area contributed by atoms with Gasteiger partial charge in [-0.15, -0.1) is 0 Å². The van der Waals surface area contributed by atoms with Crippen molar-refractivity contribution in [3.63, 3.8) is 0 Å². The molecule has 166 valence electrons. The maximum atomic E-state index is 14.3. The number of carbonyl (C=O) groups excluding carboxylic acids is 1. The number of benzene rings is 1. The van der Waals surface area contributed by atoms with E-state index in [2.05, 4.69) is 16.9 Å². The third kappa shape index (κ3) is 4.58. The molecule has 1 N–H and O–H groups in total. The molecule has 3 aromatic rings. The van der Waals surface area contributed by atoms with E-state index in [9.17, 15) is 23.1 Å². The number of ketones is 1. The van der Waals surface area contributed by atoms with Crippen LogP contribution >= 0.6 is 0 Å². The number of Topliss-reactive ketones (excluding diaryl/α,β-unsaturated/α-hetero) is 1. The monoisotopic (exact) mass is 440 g/mol. The van der Waals surface area contributed by atoms with Crippen LogP contribution in [0.25, 0.3) is 11.3 Å². The maximum Gasteiger partial charge on any atom is 0.185 e. The fraction of sp³-hybridized carbons (Fsp3) is 0.320. The van der Waals surface area contributed by atoms with Crippen molar-refractivity contribution in [2.75, 3.05) is 0 Å². The molecular weight excluding hydrogens is 417 g/mol. The van der Waals surface area contributed by atoms with Crippen LogP contribution in [0.1, 0.15) is 53.7 Å². The Labute approximate surface area is 184 Å². The first-order valence-electron chi connectivity index (χ1n) is 10.6. The Balaban J connectivity index is 1.64. The molecule has 3 atom stereocenters. The van der Waals surface area contributed by atoms with Crippen molar-refractivity contribution in [2.24, 2.45) is 5.92 Å². The lowest BCUT2D eigenvalue weighted by atomic mass is 9.76. The Hall–Kier alpha value is -3.06. The van der Waals surface area contributed by atoms with Gasteiger partial charge in [0.1, 0.15) is 28.8 Å². The Morgan fingerprint density at radius 2 is 1.78 bits per heavy atom. The summed E-state index contributed by atoms with van der Waals surface area (Å²) >= 11 is 0. The molecule has 1 fully saturated rings. The molecule has 0 unspecified atom stereocenters. The lowest BCUT2D eigenvalue weighted by molar-refractivity contribution is 0.0941. The second-order valence-corrected chi connectivity index (χ2v) is 8.46. The van der Waals surface area contributed by atoms with Crippen LogP contribution in [0.15, 0.2) is 48.8 Å². The average molecular weight is 440 g/mol. The summed E-state index contributed by atoms with van der Waals surface area (Å²) in [6.07, 6.45) is 5.10. The minimum absolute atomic E-state index is 0.0397. The third-order valence-electron chi connectivity index (χ3n) is 5.98. The first-order valence-corrected chi connectivity index (χ1v) is 10.6. The van der Waals surface area contributed by atoms with Gasteiger partial charge in [0, 0.05) is 18.8 Å². The predicted molar refractivity (Wildman–Crippen MR) is 114 cm³/mol. The number of aromatic nitrogens is 2. The highest BCUT2D eigenvalue weighted by atomic mass is 19.1. The molecule has 1 aromatic carbocycles. The number of pyridine rings is 2. The average Bonchev–Trinajstić information content (AvgIpc) is 2.74. The minimum atomic E-state index is -0.958. The summed E-state index contributed by atoms with van der Waals surface area (Å²) in [5.74, 6) is -2.79. The third-order valence-corrected chi connectivity index (χ3v) is 5.98. The molecule has 0 radical (unpaired) electrons. The highest BCUT2D eigenvalue weighted by molar-refractivity contribution is 5.96. The first kappa shape index (κ1) is 22.1. The van der Waals surface area contributed by atoms with E-state index in [0.717, 1.165) is 36.6 Å². The SMILES string of the molecule is C[C@@H]1C[C@H](O)C[C@H](c2ccncc2CC(=O)c2ccc(F)c(-c3c(F)cccc3F)n2)C1. The summed E-state index contributed by atoms with van der Waals surface area (Å²) < 4.78 is 42.7. The molecule has 32 heavy (non-hydrogen) atoms. The molecule has 0 amide bonds. The van der Waals surface area contributed by atoms with E-state index in [4.69, 9.17) is 0 Å². The second kappa shape index (κ2) is 9.20. The highest BCUT2D eigenvalue weighted by Crippen LogP contribution is 2.37. The maximum absolute atomic E-state index is 14.3. The Bertz CT molecular complexity index is 1120. The molecular formula is C25H23F3N2O2. The molecule has 4 nitrogen and oxygen atoms in total. The van der Waals surface area contributed by atoms with Gasteiger partial charge in [-0.05, 0) is 72.6 Å². The molecule has 0 bridgehead atoms. The van der Waals surface area contributed by atoms with Crippen LogP contribution in [-0.4, -0.2) is 27.0 Å². The molecule has 1 aliphatic rings. The number of hydrogen-bond donors (Lipinski definition) is 1. The van der Waals surface area contributed by atoms with Gasteiger partial charge in [0.05, 0.1) is 11.7 Å². The van der Waals surface area contributed by atoms with Crippen LogP contribution in [0.2, 0.25) is 0 Å². The normalized spacial score (nSPS) is 20.8. The van der Waals surface area contributed by atoms with Gasteiger partial charge in [0.15, 0.2) is 5.78 Å². The van der Waals surface area contributed by atoms with Crippen molar-refractivity contribution in [3.05, 3.63) is 83.1 Å². The standard InChI is InChI=1S/C25H23F3N2O2/c1-14-9-15(11-17(31)10-14)18-7-8-29-13-16(18)12-23(32)22-6-5-21(28)25(30-22)24-19(26)3-2-4-20(24)27/h2-8,13-15,17,31H,9-12H2,1H3/t14-,15+,17-/m0/s1. The number of rotatable bonds is 5. The van der Waals surface area contributed by atoms with Crippen molar-refractivity contribution >= 4 is 5.78 Å². The Morgan fingerprint density at radius 3 is 2.50 bits per heavy atom. The summed E-state index contributed by atoms with van der Waals surface area (Å²) in [4.78, 5) is 21.1. The quantitative estimate of drug-likeness (QED) is 0.551. The first-order chi connectivity index (χ1) is 15.3. The summed E-state index contributed by atoms with van der Waals surface area (Å²) in [7, 11) is 0. The van der Waals surface area contributed by atoms with Crippen LogP contribution in [-0.2, 0) is 6.42 Å². The van der Waals surface area contributed by atoms with Crippen LogP contribution < -0.4 is 0 Å². The summed E-state index contributed by atoms with van der Waals surface area (Å²) in [5.41, 5.74) is 0.417. The summed E-state index contributed by atoms with van der Waals surface area (Å²) in [6.45, 7) is 2.09. The smallest absolute Gasteiger partial charge is 0.185 e. The van der Waals surface area contributed by atoms with Crippen LogP contribution in [0.3, 0.4) is 0 Å². The molecule has 0 aliphatic heterocycles. The number of aliphatic hydroxyl groups is 1. The van der Waals surface area contributed by atoms with Crippen molar-refractivity contribution in [2.45, 2.75) is 44.6 Å². The molecule has 4 rings (SSSR count). The number of halogens is 3. The van der Waals surface area contributed by atoms with E-state index in [-0.39, 0.29) is 18.0 Å². The Kier molecular flexibility index (Phi) is 6.37. The molecule has 7 heteroatoms. The summed E-state index contributed by atoms with van der Waals surface area (Å²) in [6, 6.07) is 7.25. The second-order valence-electron chi connectivity index (χ2n) is 8.46. The van der Waals surface area contributed by atoms with Gasteiger partial charge < -0.3 is 5.11 Å². The number of nitrogens with zero attached hydrogens (tertiary/aromatic N) is 2. The Morgan fingerprint density at radius 1 is 1.03 bits per heavy atom. The fourth-order valence-corrected chi connectivity index (χ4v) is 4.57. The van der Waals surface area contributed by atoms with Gasteiger partial charge in [-0.3, -0.25) is 9.78 Å². The van der Waals surface area contributed by atoms with Gasteiger partial charge in [-0.2, -0.15) is 0 Å². The zero-order chi connectivity index (χ0) is 22.8. The summed E-state index contributed by atoms with van der Waals surface area (Å²) in [5, 5.41) is 10.2. The number of aliphatic hydroxyl groups excluding tert-OH is 1. The number of hydrogen-bond acceptors (Lipinski definition) is 4. The van der Waals surface area contributed by atoms with Crippen LogP contribution in [0, 0.1) is 23.4 Å². The van der Waals surface area contributed by atoms with E-state index in [1.165, 1.54) is 12.1 Å². The largest absolute Gasteiger partial charge is 0.393 e. The van der Waals surface area contributed by atoms with Gasteiger partial charge >= 0.3 is 0 Å². The minimum Gasteiger partial charge on any atom is -0.393 e. The van der Waals surface area contributed by atoms with Crippen molar-refractivity contribution in [1.82, 2.24) is 9.97 Å². The van der Waals surface area contributed by atoms with E-state index in [0.29, 0.717) is 17.9 Å². The van der Waals surface area contributed by atoms with Crippen LogP contribution in [0.5, 0.6) is 0 Å². The topological polar surface area (TPSA) is 63.1 Å². The highest BCUT2D eigenvalue weighted by Gasteiger charge is 2.28. The molecule has 2 aromatic heterocycles. The van der Waals surface area contributed by atoms with E-state index in [1.807, 2.05) is 6.07 Å². The zero-order valence-corrected chi connectivity index (χ0v) is 17.6. The molecule has 0 saturated heterocycles. The van der Waals surface area contributed by atoms with E-state index < -0.39 is 40.6 Å². The van der Waals surface area contributed by atoms with E-state index in [1.54, 1.807) is 12.4 Å². The molecule has 1 saturated carbocycles. The van der Waals surface area contributed by atoms with E-state index >= 15 is 0 Å². The lowest BCUT2D eigenvalue weighted by Crippen LogP contribution is -2.24.